The maximum absolute atomic E-state index is 14.2. The van der Waals surface area contributed by atoms with Crippen molar-refractivity contribution in [3.8, 4) is 16.2 Å². The van der Waals surface area contributed by atoms with Crippen LogP contribution in [0.3, 0.4) is 0 Å². The Morgan fingerprint density at radius 1 is 1.28 bits per heavy atom. The fourth-order valence-electron chi connectivity index (χ4n) is 2.35. The molecule has 1 aromatic carbocycles. The minimum absolute atomic E-state index is 0.283. The summed E-state index contributed by atoms with van der Waals surface area (Å²) in [5, 5.41) is 3.60. The highest BCUT2D eigenvalue weighted by Gasteiger charge is 2.18. The van der Waals surface area contributed by atoms with E-state index in [0.717, 1.165) is 5.69 Å². The molecule has 0 unspecified atom stereocenters. The summed E-state index contributed by atoms with van der Waals surface area (Å²) in [5.74, 6) is 0.113. The van der Waals surface area contributed by atoms with Crippen molar-refractivity contribution < 1.29 is 13.9 Å². The van der Waals surface area contributed by atoms with Crippen LogP contribution in [0.5, 0.6) is 5.75 Å². The van der Waals surface area contributed by atoms with Crippen LogP contribution in [0.4, 0.5) is 15.2 Å². The zero-order valence-electron chi connectivity index (χ0n) is 13.7. The molecule has 0 spiro atoms. The van der Waals surface area contributed by atoms with Crippen LogP contribution in [-0.2, 0) is 0 Å². The van der Waals surface area contributed by atoms with Gasteiger partial charge in [0.2, 0.25) is 0 Å². The number of methoxy groups -OCH3 is 1. The highest BCUT2D eigenvalue weighted by Crippen LogP contribution is 2.38. The van der Waals surface area contributed by atoms with Crippen molar-refractivity contribution in [3.05, 3.63) is 59.5 Å². The van der Waals surface area contributed by atoms with Gasteiger partial charge in [0.05, 0.1) is 12.7 Å². The number of hydrogen-bond donors (Lipinski definition) is 2. The third-order valence-corrected chi connectivity index (χ3v) is 4.65. The first-order chi connectivity index (χ1) is 12.0. The Labute approximate surface area is 148 Å². The van der Waals surface area contributed by atoms with Gasteiger partial charge in [-0.25, -0.2) is 9.37 Å². The van der Waals surface area contributed by atoms with Gasteiger partial charge in [-0.1, -0.05) is 6.07 Å². The van der Waals surface area contributed by atoms with Gasteiger partial charge in [0, 0.05) is 16.1 Å². The van der Waals surface area contributed by atoms with E-state index in [-0.39, 0.29) is 5.56 Å². The third-order valence-electron chi connectivity index (χ3n) is 3.57. The first-order valence-electron chi connectivity index (χ1n) is 7.46. The topological polar surface area (TPSA) is 77.2 Å². The first-order valence-corrected chi connectivity index (χ1v) is 8.28. The fraction of sp³-hybridized carbons (Fsp3) is 0.111. The summed E-state index contributed by atoms with van der Waals surface area (Å²) in [6.45, 7) is 1.87. The summed E-state index contributed by atoms with van der Waals surface area (Å²) >= 11 is 1.23. The number of hydrogen-bond acceptors (Lipinski definition) is 5. The predicted octanol–water partition coefficient (Wildman–Crippen LogP) is 4.11. The number of carbonyl (C=O) groups is 1. The quantitative estimate of drug-likeness (QED) is 0.720. The number of aryl methyl sites for hydroxylation is 1. The molecule has 7 heteroatoms. The number of nitrogens with zero attached hydrogens (tertiary/aromatic N) is 1. The molecule has 3 rings (SSSR count). The number of amides is 1. The van der Waals surface area contributed by atoms with E-state index in [1.807, 2.05) is 19.1 Å². The molecule has 0 atom stereocenters. The summed E-state index contributed by atoms with van der Waals surface area (Å²) in [5.41, 5.74) is 6.93. The number of nitrogens with two attached hydrogens (primary N) is 1. The van der Waals surface area contributed by atoms with Crippen LogP contribution in [0, 0.1) is 12.7 Å². The Morgan fingerprint density at radius 3 is 2.76 bits per heavy atom. The van der Waals surface area contributed by atoms with Crippen LogP contribution in [-0.4, -0.2) is 18.0 Å². The van der Waals surface area contributed by atoms with Crippen LogP contribution in [0.25, 0.3) is 10.4 Å². The lowest BCUT2D eigenvalue weighted by molar-refractivity contribution is 0.100. The molecule has 0 saturated carbocycles. The second kappa shape index (κ2) is 6.90. The number of aromatic nitrogens is 1. The molecule has 25 heavy (non-hydrogen) atoms. The maximum Gasteiger partial charge on any atom is 0.251 e. The minimum atomic E-state index is -0.596. The molecule has 3 aromatic rings. The molecule has 128 valence electrons. The maximum atomic E-state index is 14.2. The second-order valence-electron chi connectivity index (χ2n) is 5.35. The molecular weight excluding hydrogens is 341 g/mol. The number of primary amides is 1. The fourth-order valence-corrected chi connectivity index (χ4v) is 3.44. The normalized spacial score (nSPS) is 10.5. The zero-order valence-corrected chi connectivity index (χ0v) is 14.5. The minimum Gasteiger partial charge on any atom is -0.497 e. The summed E-state index contributed by atoms with van der Waals surface area (Å²) in [6.07, 6.45) is 0. The molecule has 0 fully saturated rings. The molecule has 0 aliphatic carbocycles. The molecule has 2 heterocycles. The number of nitrogens with one attached hydrogen (secondary N) is 1. The van der Waals surface area contributed by atoms with Crippen molar-refractivity contribution >= 4 is 28.1 Å². The van der Waals surface area contributed by atoms with E-state index < -0.39 is 11.7 Å². The van der Waals surface area contributed by atoms with Gasteiger partial charge in [-0.3, -0.25) is 4.79 Å². The Hall–Kier alpha value is -2.93. The van der Waals surface area contributed by atoms with Crippen LogP contribution in [0.2, 0.25) is 0 Å². The lowest BCUT2D eigenvalue weighted by atomic mass is 10.1. The molecule has 0 aliphatic rings. The Morgan fingerprint density at radius 2 is 2.08 bits per heavy atom. The smallest absolute Gasteiger partial charge is 0.251 e. The van der Waals surface area contributed by atoms with Crippen LogP contribution >= 0.6 is 11.3 Å². The monoisotopic (exact) mass is 357 g/mol. The average molecular weight is 357 g/mol. The van der Waals surface area contributed by atoms with Crippen molar-refractivity contribution in [2.75, 3.05) is 12.4 Å². The lowest BCUT2D eigenvalue weighted by Crippen LogP contribution is -2.11. The van der Waals surface area contributed by atoms with Gasteiger partial charge in [-0.05, 0) is 43.3 Å². The summed E-state index contributed by atoms with van der Waals surface area (Å²) in [4.78, 5) is 16.7. The van der Waals surface area contributed by atoms with E-state index in [4.69, 9.17) is 10.5 Å². The van der Waals surface area contributed by atoms with Crippen molar-refractivity contribution in [1.82, 2.24) is 4.98 Å². The molecule has 0 bridgehead atoms. The highest BCUT2D eigenvalue weighted by molar-refractivity contribution is 7.20. The number of pyridine rings is 1. The summed E-state index contributed by atoms with van der Waals surface area (Å²) in [7, 11) is 1.51. The number of carbonyl (C=O) groups excluding carboxylic acids is 1. The first kappa shape index (κ1) is 16.9. The molecule has 0 saturated heterocycles. The van der Waals surface area contributed by atoms with Crippen molar-refractivity contribution in [3.63, 3.8) is 0 Å². The van der Waals surface area contributed by atoms with Crippen LogP contribution in [0.15, 0.2) is 42.5 Å². The summed E-state index contributed by atoms with van der Waals surface area (Å²) in [6, 6.07) is 11.5. The number of thiophene rings is 1. The van der Waals surface area contributed by atoms with E-state index in [9.17, 15) is 9.18 Å². The number of halogens is 1. The van der Waals surface area contributed by atoms with Crippen molar-refractivity contribution in [1.29, 1.82) is 0 Å². The Balaban J connectivity index is 2.04. The standard InChI is InChI=1S/C18H16FN3O2S/c1-10-4-3-5-16(21-10)22-18-13(17(20)23)9-15(25-18)12-8-11(24-2)6-7-14(12)19/h3-9H,1-2H3,(H2,20,23)(H,21,22). The zero-order chi connectivity index (χ0) is 18.0. The molecule has 5 nitrogen and oxygen atoms in total. The van der Waals surface area contributed by atoms with Gasteiger partial charge >= 0.3 is 0 Å². The van der Waals surface area contributed by atoms with Crippen LogP contribution in [0.1, 0.15) is 16.1 Å². The lowest BCUT2D eigenvalue weighted by Gasteiger charge is -2.05. The Kier molecular flexibility index (Phi) is 4.67. The SMILES string of the molecule is COc1ccc(F)c(-c2cc(C(N)=O)c(Nc3cccc(C)n3)s2)c1. The van der Waals surface area contributed by atoms with Gasteiger partial charge in [0.1, 0.15) is 22.4 Å². The molecule has 1 amide bonds. The number of benzene rings is 1. The van der Waals surface area contributed by atoms with E-state index in [1.165, 1.54) is 30.6 Å². The van der Waals surface area contributed by atoms with Gasteiger partial charge in [-0.2, -0.15) is 0 Å². The number of anilines is 2. The Bertz CT molecular complexity index is 940. The van der Waals surface area contributed by atoms with Crippen molar-refractivity contribution in [2.24, 2.45) is 5.73 Å². The van der Waals surface area contributed by atoms with Gasteiger partial charge in [0.15, 0.2) is 0 Å². The summed E-state index contributed by atoms with van der Waals surface area (Å²) < 4.78 is 19.4. The van der Waals surface area contributed by atoms with E-state index in [2.05, 4.69) is 10.3 Å². The van der Waals surface area contributed by atoms with Gasteiger partial charge in [-0.15, -0.1) is 11.3 Å². The van der Waals surface area contributed by atoms with Crippen LogP contribution < -0.4 is 15.8 Å². The highest BCUT2D eigenvalue weighted by atomic mass is 32.1. The third kappa shape index (κ3) is 3.61. The van der Waals surface area contributed by atoms with E-state index >= 15 is 0 Å². The number of rotatable bonds is 5. The van der Waals surface area contributed by atoms with Gasteiger partial charge in [0.25, 0.3) is 5.91 Å². The average Bonchev–Trinajstić information content (AvgIpc) is 2.99. The second-order valence-corrected chi connectivity index (χ2v) is 6.40. The van der Waals surface area contributed by atoms with Crippen molar-refractivity contribution in [2.45, 2.75) is 6.92 Å². The number of ether oxygens (including phenoxy) is 1. The molecule has 0 aliphatic heterocycles. The largest absolute Gasteiger partial charge is 0.497 e. The molecule has 3 N–H and O–H groups in total. The molecule has 0 radical (unpaired) electrons. The van der Waals surface area contributed by atoms with E-state index in [0.29, 0.717) is 27.0 Å². The predicted molar refractivity (Wildman–Crippen MR) is 97.0 cm³/mol. The van der Waals surface area contributed by atoms with E-state index in [1.54, 1.807) is 18.2 Å². The molecular formula is C18H16FN3O2S. The molecule has 2 aromatic heterocycles. The van der Waals surface area contributed by atoms with Gasteiger partial charge < -0.3 is 15.8 Å².